The molecule has 0 atom stereocenters. The lowest BCUT2D eigenvalue weighted by Crippen LogP contribution is -2.40. The Morgan fingerprint density at radius 3 is 2.48 bits per heavy atom. The third-order valence-corrected chi connectivity index (χ3v) is 6.47. The summed E-state index contributed by atoms with van der Waals surface area (Å²) < 4.78 is 10.7. The first-order valence-corrected chi connectivity index (χ1v) is 11.6. The fraction of sp³-hybridized carbons (Fsp3) is 0.720. The second kappa shape index (κ2) is 9.17. The summed E-state index contributed by atoms with van der Waals surface area (Å²) in [6.45, 7) is 11.1. The molecule has 1 aromatic rings. The molecule has 1 heterocycles. The van der Waals surface area contributed by atoms with Gasteiger partial charge in [-0.3, -0.25) is 0 Å². The smallest absolute Gasteiger partial charge is 0.410 e. The molecule has 0 bridgehead atoms. The highest BCUT2D eigenvalue weighted by Crippen LogP contribution is 2.39. The van der Waals surface area contributed by atoms with Crippen molar-refractivity contribution in [3.8, 4) is 0 Å². The summed E-state index contributed by atoms with van der Waals surface area (Å²) in [6, 6.07) is 1.81. The Hall–Kier alpha value is -2.11. The monoisotopic (exact) mass is 430 g/mol. The minimum Gasteiger partial charge on any atom is -0.464 e. The zero-order valence-corrected chi connectivity index (χ0v) is 20.0. The van der Waals surface area contributed by atoms with E-state index >= 15 is 0 Å². The number of hydrogen-bond acceptors (Lipinski definition) is 5. The molecule has 0 aliphatic heterocycles. The highest BCUT2D eigenvalue weighted by molar-refractivity contribution is 5.87. The maximum absolute atomic E-state index is 13.1. The number of ether oxygens (including phenoxy) is 2. The molecule has 1 fully saturated rings. The lowest BCUT2D eigenvalue weighted by atomic mass is 9.88. The highest BCUT2D eigenvalue weighted by atomic mass is 16.6. The first-order valence-electron chi connectivity index (χ1n) is 11.6. The van der Waals surface area contributed by atoms with Crippen molar-refractivity contribution in [2.24, 2.45) is 5.92 Å². The lowest BCUT2D eigenvalue weighted by Gasteiger charge is -2.32. The zero-order valence-electron chi connectivity index (χ0n) is 20.0. The molecular formula is C25H38N2O4. The Morgan fingerprint density at radius 1 is 1.19 bits per heavy atom. The van der Waals surface area contributed by atoms with Gasteiger partial charge in [-0.1, -0.05) is 33.1 Å². The molecule has 6 heteroatoms. The summed E-state index contributed by atoms with van der Waals surface area (Å²) in [5.41, 5.74) is 2.75. The third-order valence-electron chi connectivity index (χ3n) is 6.47. The molecular weight excluding hydrogens is 392 g/mol. The van der Waals surface area contributed by atoms with Crippen LogP contribution in [-0.4, -0.2) is 41.2 Å². The van der Waals surface area contributed by atoms with E-state index in [1.807, 2.05) is 31.7 Å². The van der Waals surface area contributed by atoms with E-state index < -0.39 is 11.6 Å². The number of fused-ring (bicyclic) bond motifs is 1. The van der Waals surface area contributed by atoms with E-state index in [-0.39, 0.29) is 11.5 Å². The molecule has 0 spiro atoms. The van der Waals surface area contributed by atoms with Gasteiger partial charge >= 0.3 is 12.1 Å². The maximum atomic E-state index is 13.1. The summed E-state index contributed by atoms with van der Waals surface area (Å²) >= 11 is 0. The van der Waals surface area contributed by atoms with E-state index in [0.29, 0.717) is 24.7 Å². The Morgan fingerprint density at radius 2 is 1.87 bits per heavy atom. The number of aromatic nitrogens is 1. The lowest BCUT2D eigenvalue weighted by molar-refractivity contribution is 0.0189. The number of hydrogen-bond donors (Lipinski definition) is 0. The predicted molar refractivity (Wildman–Crippen MR) is 120 cm³/mol. The molecule has 1 aromatic heterocycles. The van der Waals surface area contributed by atoms with Gasteiger partial charge in [0.2, 0.25) is 0 Å². The van der Waals surface area contributed by atoms with Crippen LogP contribution in [0.25, 0.3) is 0 Å². The summed E-state index contributed by atoms with van der Waals surface area (Å²) in [4.78, 5) is 31.9. The Balaban J connectivity index is 1.94. The highest BCUT2D eigenvalue weighted by Gasteiger charge is 2.35. The van der Waals surface area contributed by atoms with Crippen LogP contribution >= 0.6 is 0 Å². The van der Waals surface area contributed by atoms with Crippen LogP contribution in [0.1, 0.15) is 100 Å². The average Bonchev–Trinajstić information content (AvgIpc) is 3.01. The van der Waals surface area contributed by atoms with Crippen LogP contribution in [0.3, 0.4) is 0 Å². The second-order valence-electron chi connectivity index (χ2n) is 10.7. The van der Waals surface area contributed by atoms with E-state index in [9.17, 15) is 9.59 Å². The van der Waals surface area contributed by atoms with Crippen molar-refractivity contribution < 1.29 is 19.1 Å². The van der Waals surface area contributed by atoms with Gasteiger partial charge in [0.15, 0.2) is 0 Å². The third kappa shape index (κ3) is 5.78. The Bertz CT molecular complexity index is 820. The molecule has 0 unspecified atom stereocenters. The van der Waals surface area contributed by atoms with Gasteiger partial charge in [0.1, 0.15) is 11.3 Å². The van der Waals surface area contributed by atoms with E-state index in [0.717, 1.165) is 42.5 Å². The van der Waals surface area contributed by atoms with Crippen LogP contribution < -0.4 is 0 Å². The van der Waals surface area contributed by atoms with Crippen molar-refractivity contribution in [3.05, 3.63) is 28.6 Å². The topological polar surface area (TPSA) is 68.7 Å². The van der Waals surface area contributed by atoms with Gasteiger partial charge in [-0.2, -0.15) is 0 Å². The molecule has 31 heavy (non-hydrogen) atoms. The van der Waals surface area contributed by atoms with E-state index in [1.165, 1.54) is 26.4 Å². The van der Waals surface area contributed by atoms with E-state index in [1.54, 1.807) is 0 Å². The number of esters is 1. The largest absolute Gasteiger partial charge is 0.464 e. The zero-order chi connectivity index (χ0) is 22.8. The van der Waals surface area contributed by atoms with Crippen LogP contribution in [0.5, 0.6) is 0 Å². The van der Waals surface area contributed by atoms with Crippen LogP contribution in [0.4, 0.5) is 4.79 Å². The molecule has 3 rings (SSSR count). The molecule has 0 radical (unpaired) electrons. The van der Waals surface area contributed by atoms with Crippen LogP contribution in [0.15, 0.2) is 6.07 Å². The van der Waals surface area contributed by atoms with Gasteiger partial charge in [0, 0.05) is 18.5 Å². The number of carbonyl (C=O) groups excluding carboxylic acids is 2. The SMILES string of the molecule is COC(=O)c1cc(CN(CC2CCCCC2)C(=O)OC(C)(C)C)c2c(n1)C(C)(C)CC2. The van der Waals surface area contributed by atoms with Gasteiger partial charge in [-0.15, -0.1) is 0 Å². The fourth-order valence-corrected chi connectivity index (χ4v) is 4.79. The summed E-state index contributed by atoms with van der Waals surface area (Å²) in [7, 11) is 1.37. The molecule has 1 saturated carbocycles. The van der Waals surface area contributed by atoms with Gasteiger partial charge < -0.3 is 14.4 Å². The standard InChI is InChI=1S/C25H38N2O4/c1-24(2,3)31-23(29)27(15-17-10-8-7-9-11-17)16-18-14-20(22(28)30-6)26-21-19(18)12-13-25(21,4)5/h14,17H,7-13,15-16H2,1-6H3. The van der Waals surface area contributed by atoms with Gasteiger partial charge in [-0.25, -0.2) is 14.6 Å². The van der Waals surface area contributed by atoms with E-state index in [2.05, 4.69) is 18.8 Å². The van der Waals surface area contributed by atoms with Crippen molar-refractivity contribution in [3.63, 3.8) is 0 Å². The number of carbonyl (C=O) groups is 2. The predicted octanol–water partition coefficient (Wildman–Crippen LogP) is 5.41. The van der Waals surface area contributed by atoms with Gasteiger partial charge in [0.25, 0.3) is 0 Å². The summed E-state index contributed by atoms with van der Waals surface area (Å²) in [5, 5.41) is 0. The number of rotatable bonds is 5. The van der Waals surface area contributed by atoms with Crippen LogP contribution in [-0.2, 0) is 27.9 Å². The molecule has 0 aromatic carbocycles. The van der Waals surface area contributed by atoms with Crippen LogP contribution in [0.2, 0.25) is 0 Å². The van der Waals surface area contributed by atoms with Crippen molar-refractivity contribution in [2.75, 3.05) is 13.7 Å². The minimum atomic E-state index is -0.554. The van der Waals surface area contributed by atoms with E-state index in [4.69, 9.17) is 9.47 Å². The number of nitrogens with zero attached hydrogens (tertiary/aromatic N) is 2. The van der Waals surface area contributed by atoms with Crippen LogP contribution in [0, 0.1) is 5.92 Å². The number of methoxy groups -OCH3 is 1. The molecule has 2 aliphatic rings. The van der Waals surface area contributed by atoms with Crippen molar-refractivity contribution in [2.45, 2.75) is 97.1 Å². The summed E-state index contributed by atoms with van der Waals surface area (Å²) in [5.74, 6) is 0.0514. The number of amides is 1. The Kier molecular flexibility index (Phi) is 6.97. The maximum Gasteiger partial charge on any atom is 0.410 e. The van der Waals surface area contributed by atoms with Crippen molar-refractivity contribution >= 4 is 12.1 Å². The fourth-order valence-electron chi connectivity index (χ4n) is 4.79. The summed E-state index contributed by atoms with van der Waals surface area (Å²) in [6.07, 6.45) is 7.59. The normalized spacial score (nSPS) is 18.4. The second-order valence-corrected chi connectivity index (χ2v) is 10.7. The number of pyridine rings is 1. The molecule has 2 aliphatic carbocycles. The van der Waals surface area contributed by atoms with Gasteiger partial charge in [-0.05, 0) is 69.6 Å². The molecule has 172 valence electrons. The first-order chi connectivity index (χ1) is 14.5. The molecule has 0 saturated heterocycles. The molecule has 6 nitrogen and oxygen atoms in total. The minimum absolute atomic E-state index is 0.103. The molecule has 1 amide bonds. The molecule has 0 N–H and O–H groups in total. The van der Waals surface area contributed by atoms with Crippen molar-refractivity contribution in [1.82, 2.24) is 9.88 Å². The Labute approximate surface area is 186 Å². The average molecular weight is 431 g/mol. The quantitative estimate of drug-likeness (QED) is 0.584. The van der Waals surface area contributed by atoms with Crippen molar-refractivity contribution in [1.29, 1.82) is 0 Å². The van der Waals surface area contributed by atoms with Gasteiger partial charge in [0.05, 0.1) is 12.8 Å². The first kappa shape index (κ1) is 23.6.